The molecule has 112 valence electrons. The van der Waals surface area contributed by atoms with Crippen LogP contribution in [-0.2, 0) is 11.8 Å². The van der Waals surface area contributed by atoms with Gasteiger partial charge in [0.1, 0.15) is 5.84 Å². The standard InChI is InChI=1S/C17H26N2.ClH/c1-12-9-14(17(3,4)5)10-13(2)15(12)11-16-18-7-8-19(16)6;/h9-10H,7-8,11H2,1-6H3;1H. The highest BCUT2D eigenvalue weighted by atomic mass is 35.5. The fourth-order valence-corrected chi connectivity index (χ4v) is 2.63. The van der Waals surface area contributed by atoms with Crippen LogP contribution in [0.3, 0.4) is 0 Å². The van der Waals surface area contributed by atoms with Gasteiger partial charge < -0.3 is 4.90 Å². The highest BCUT2D eigenvalue weighted by Gasteiger charge is 2.19. The van der Waals surface area contributed by atoms with E-state index in [4.69, 9.17) is 0 Å². The van der Waals surface area contributed by atoms with Gasteiger partial charge in [-0.3, -0.25) is 4.99 Å². The first-order valence-electron chi connectivity index (χ1n) is 7.14. The van der Waals surface area contributed by atoms with Crippen LogP contribution in [0.1, 0.15) is 43.0 Å². The van der Waals surface area contributed by atoms with Gasteiger partial charge in [0.15, 0.2) is 0 Å². The van der Waals surface area contributed by atoms with E-state index in [-0.39, 0.29) is 17.8 Å². The summed E-state index contributed by atoms with van der Waals surface area (Å²) in [4.78, 5) is 6.88. The van der Waals surface area contributed by atoms with E-state index in [1.165, 1.54) is 28.1 Å². The number of benzene rings is 1. The molecule has 1 aromatic rings. The van der Waals surface area contributed by atoms with E-state index in [9.17, 15) is 0 Å². The van der Waals surface area contributed by atoms with Crippen molar-refractivity contribution in [2.75, 3.05) is 20.1 Å². The predicted molar refractivity (Wildman–Crippen MR) is 90.5 cm³/mol. The molecule has 0 unspecified atom stereocenters. The van der Waals surface area contributed by atoms with Crippen molar-refractivity contribution < 1.29 is 0 Å². The van der Waals surface area contributed by atoms with Crippen LogP contribution in [0.15, 0.2) is 17.1 Å². The predicted octanol–water partition coefficient (Wildman–Crippen LogP) is 3.91. The Morgan fingerprint density at radius 3 is 2.10 bits per heavy atom. The molecule has 20 heavy (non-hydrogen) atoms. The van der Waals surface area contributed by atoms with Crippen LogP contribution in [0.5, 0.6) is 0 Å². The van der Waals surface area contributed by atoms with Gasteiger partial charge in [-0.1, -0.05) is 32.9 Å². The maximum Gasteiger partial charge on any atom is 0.103 e. The summed E-state index contributed by atoms with van der Waals surface area (Å²) < 4.78 is 0. The molecule has 1 aliphatic rings. The van der Waals surface area contributed by atoms with Crippen LogP contribution >= 0.6 is 12.4 Å². The molecule has 1 aliphatic heterocycles. The van der Waals surface area contributed by atoms with Crippen molar-refractivity contribution in [3.8, 4) is 0 Å². The third-order valence-electron chi connectivity index (χ3n) is 4.07. The summed E-state index contributed by atoms with van der Waals surface area (Å²) in [6.07, 6.45) is 0.971. The van der Waals surface area contributed by atoms with Crippen molar-refractivity contribution >= 4 is 18.2 Å². The highest BCUT2D eigenvalue weighted by Crippen LogP contribution is 2.27. The summed E-state index contributed by atoms with van der Waals surface area (Å²) >= 11 is 0. The molecule has 3 heteroatoms. The van der Waals surface area contributed by atoms with E-state index in [0.717, 1.165) is 19.5 Å². The number of likely N-dealkylation sites (N-methyl/N-ethyl adjacent to an activating group) is 1. The van der Waals surface area contributed by atoms with E-state index < -0.39 is 0 Å². The Kier molecular flexibility index (Phi) is 5.26. The molecule has 0 N–H and O–H groups in total. The zero-order valence-corrected chi connectivity index (χ0v) is 14.4. The van der Waals surface area contributed by atoms with Gasteiger partial charge >= 0.3 is 0 Å². The summed E-state index contributed by atoms with van der Waals surface area (Å²) in [7, 11) is 2.14. The lowest BCUT2D eigenvalue weighted by molar-refractivity contribution is 0.548. The lowest BCUT2D eigenvalue weighted by Crippen LogP contribution is -2.25. The van der Waals surface area contributed by atoms with Crippen LogP contribution in [-0.4, -0.2) is 30.9 Å². The van der Waals surface area contributed by atoms with Crippen LogP contribution < -0.4 is 0 Å². The van der Waals surface area contributed by atoms with Crippen molar-refractivity contribution in [1.29, 1.82) is 0 Å². The molecule has 1 heterocycles. The second-order valence-corrected chi connectivity index (χ2v) is 6.73. The second kappa shape index (κ2) is 6.17. The molecule has 2 rings (SSSR count). The van der Waals surface area contributed by atoms with Crippen LogP contribution in [0.25, 0.3) is 0 Å². The van der Waals surface area contributed by atoms with Crippen LogP contribution in [0.2, 0.25) is 0 Å². The largest absolute Gasteiger partial charge is 0.361 e. The minimum atomic E-state index is 0. The number of amidine groups is 1. The summed E-state index contributed by atoms with van der Waals surface area (Å²) in [5.74, 6) is 1.23. The fourth-order valence-electron chi connectivity index (χ4n) is 2.63. The molecule has 0 radical (unpaired) electrons. The third-order valence-corrected chi connectivity index (χ3v) is 4.07. The third kappa shape index (κ3) is 3.54. The molecule has 0 fully saturated rings. The summed E-state index contributed by atoms with van der Waals surface area (Å²) in [5, 5.41) is 0. The smallest absolute Gasteiger partial charge is 0.103 e. The Bertz CT molecular complexity index is 489. The molecule has 0 aromatic heterocycles. The Balaban J connectivity index is 0.00000200. The number of rotatable bonds is 2. The normalized spacial score (nSPS) is 15.1. The molecule has 0 spiro atoms. The minimum Gasteiger partial charge on any atom is -0.361 e. The van der Waals surface area contributed by atoms with Crippen molar-refractivity contribution in [1.82, 2.24) is 4.90 Å². The van der Waals surface area contributed by atoms with E-state index >= 15 is 0 Å². The lowest BCUT2D eigenvalue weighted by Gasteiger charge is -2.23. The molecule has 2 nitrogen and oxygen atoms in total. The Hall–Kier alpha value is -1.02. The molecular formula is C17H27ClN2. The topological polar surface area (TPSA) is 15.6 Å². The van der Waals surface area contributed by atoms with Gasteiger partial charge in [-0.2, -0.15) is 0 Å². The number of nitrogens with zero attached hydrogens (tertiary/aromatic N) is 2. The van der Waals surface area contributed by atoms with Gasteiger partial charge in [0, 0.05) is 20.0 Å². The molecule has 0 bridgehead atoms. The first kappa shape index (κ1) is 17.0. The maximum atomic E-state index is 4.61. The quantitative estimate of drug-likeness (QED) is 0.807. The van der Waals surface area contributed by atoms with Crippen molar-refractivity contribution in [3.63, 3.8) is 0 Å². The fraction of sp³-hybridized carbons (Fsp3) is 0.588. The SMILES string of the molecule is Cc1cc(C(C)(C)C)cc(C)c1CC1=NCCN1C.Cl. The Morgan fingerprint density at radius 2 is 1.70 bits per heavy atom. The molecular weight excluding hydrogens is 268 g/mol. The van der Waals surface area contributed by atoms with Gasteiger partial charge in [-0.15, -0.1) is 12.4 Å². The van der Waals surface area contributed by atoms with E-state index in [2.05, 4.69) is 63.7 Å². The minimum absolute atomic E-state index is 0. The van der Waals surface area contributed by atoms with Crippen molar-refractivity contribution in [2.45, 2.75) is 46.5 Å². The Labute approximate surface area is 129 Å². The van der Waals surface area contributed by atoms with E-state index in [1.807, 2.05) is 0 Å². The second-order valence-electron chi connectivity index (χ2n) is 6.73. The van der Waals surface area contributed by atoms with Gasteiger partial charge in [-0.25, -0.2) is 0 Å². The average Bonchev–Trinajstić information content (AvgIpc) is 2.68. The van der Waals surface area contributed by atoms with Gasteiger partial charge in [0.05, 0.1) is 6.54 Å². The summed E-state index contributed by atoms with van der Waals surface area (Å²) in [5.41, 5.74) is 5.88. The average molecular weight is 295 g/mol. The molecule has 0 saturated carbocycles. The zero-order valence-electron chi connectivity index (χ0n) is 13.6. The zero-order chi connectivity index (χ0) is 14.2. The van der Waals surface area contributed by atoms with Crippen LogP contribution in [0.4, 0.5) is 0 Å². The first-order valence-corrected chi connectivity index (χ1v) is 7.14. The summed E-state index contributed by atoms with van der Waals surface area (Å²) in [6, 6.07) is 4.69. The number of halogens is 1. The molecule has 0 amide bonds. The lowest BCUT2D eigenvalue weighted by atomic mass is 9.83. The molecule has 0 aliphatic carbocycles. The van der Waals surface area contributed by atoms with E-state index in [1.54, 1.807) is 0 Å². The number of aryl methyl sites for hydroxylation is 2. The first-order chi connectivity index (χ1) is 8.79. The van der Waals surface area contributed by atoms with Crippen molar-refractivity contribution in [2.24, 2.45) is 4.99 Å². The number of hydrogen-bond donors (Lipinski definition) is 0. The highest BCUT2D eigenvalue weighted by molar-refractivity contribution is 5.86. The van der Waals surface area contributed by atoms with Gasteiger partial charge in [0.25, 0.3) is 0 Å². The number of aliphatic imine (C=N–C) groups is 1. The van der Waals surface area contributed by atoms with Gasteiger partial charge in [0.2, 0.25) is 0 Å². The summed E-state index contributed by atoms with van der Waals surface area (Å²) in [6.45, 7) is 13.3. The monoisotopic (exact) mass is 294 g/mol. The molecule has 1 aromatic carbocycles. The number of hydrogen-bond acceptors (Lipinski definition) is 2. The maximum absolute atomic E-state index is 4.61. The van der Waals surface area contributed by atoms with E-state index in [0.29, 0.717) is 0 Å². The van der Waals surface area contributed by atoms with Crippen LogP contribution in [0, 0.1) is 13.8 Å². The van der Waals surface area contributed by atoms with Gasteiger partial charge in [-0.05, 0) is 41.5 Å². The van der Waals surface area contributed by atoms with Crippen molar-refractivity contribution in [3.05, 3.63) is 34.4 Å². The molecule has 0 saturated heterocycles. The Morgan fingerprint density at radius 1 is 1.15 bits per heavy atom. The molecule has 0 atom stereocenters.